The first-order valence-electron chi connectivity index (χ1n) is 9.78. The summed E-state index contributed by atoms with van der Waals surface area (Å²) < 4.78 is 6.17. The van der Waals surface area contributed by atoms with Crippen molar-refractivity contribution in [2.75, 3.05) is 12.0 Å². The molecule has 0 saturated carbocycles. The smallest absolute Gasteiger partial charge is 0.232 e. The van der Waals surface area contributed by atoms with E-state index < -0.39 is 0 Å². The van der Waals surface area contributed by atoms with Crippen LogP contribution >= 0.6 is 15.9 Å². The second-order valence-corrected chi connectivity index (χ2v) is 9.46. The summed E-state index contributed by atoms with van der Waals surface area (Å²) in [6.45, 7) is 4.18. The van der Waals surface area contributed by atoms with E-state index in [1.165, 1.54) is 0 Å². The number of amides is 1. The molecule has 0 fully saturated rings. The minimum Gasteiger partial charge on any atom is -0.497 e. The molecule has 1 aliphatic carbocycles. The highest BCUT2D eigenvalue weighted by atomic mass is 79.9. The Bertz CT molecular complexity index is 1010. The molecule has 4 rings (SSSR count). The zero-order chi connectivity index (χ0) is 20.8. The predicted octanol–water partition coefficient (Wildman–Crippen LogP) is 5.62. The Morgan fingerprint density at radius 2 is 1.79 bits per heavy atom. The lowest BCUT2D eigenvalue weighted by atomic mass is 9.69. The molecule has 0 spiro atoms. The minimum absolute atomic E-state index is 0.0215. The molecule has 1 amide bonds. The van der Waals surface area contributed by atoms with Gasteiger partial charge in [-0.15, -0.1) is 0 Å². The molecule has 150 valence electrons. The molecule has 0 radical (unpaired) electrons. The van der Waals surface area contributed by atoms with Gasteiger partial charge in [-0.25, -0.2) is 0 Å². The number of Topliss-reactive ketones (excluding diaryl/α,β-unsaturated/α-hetero) is 1. The number of hydrogen-bond donors (Lipinski definition) is 0. The fraction of sp³-hybridized carbons (Fsp3) is 0.333. The summed E-state index contributed by atoms with van der Waals surface area (Å²) in [4.78, 5) is 28.4. The quantitative estimate of drug-likeness (QED) is 0.605. The lowest BCUT2D eigenvalue weighted by Crippen LogP contribution is -2.43. The van der Waals surface area contributed by atoms with Crippen molar-refractivity contribution >= 4 is 33.3 Å². The van der Waals surface area contributed by atoms with Gasteiger partial charge in [-0.05, 0) is 47.7 Å². The monoisotopic (exact) mass is 453 g/mol. The van der Waals surface area contributed by atoms with Crippen molar-refractivity contribution in [3.05, 3.63) is 69.8 Å². The van der Waals surface area contributed by atoms with Gasteiger partial charge in [0, 0.05) is 40.2 Å². The zero-order valence-corrected chi connectivity index (χ0v) is 18.5. The van der Waals surface area contributed by atoms with Crippen LogP contribution < -0.4 is 9.64 Å². The van der Waals surface area contributed by atoms with Gasteiger partial charge in [0.2, 0.25) is 5.91 Å². The number of allylic oxidation sites excluding steroid dienone is 2. The highest BCUT2D eigenvalue weighted by Crippen LogP contribution is 2.48. The maximum atomic E-state index is 13.3. The van der Waals surface area contributed by atoms with Crippen LogP contribution in [-0.4, -0.2) is 18.8 Å². The molecule has 2 aromatic carbocycles. The fourth-order valence-electron chi connectivity index (χ4n) is 4.45. The highest BCUT2D eigenvalue weighted by molar-refractivity contribution is 9.10. The van der Waals surface area contributed by atoms with Crippen LogP contribution in [0.1, 0.15) is 44.6 Å². The first-order chi connectivity index (χ1) is 13.8. The number of hydrogen-bond acceptors (Lipinski definition) is 3. The van der Waals surface area contributed by atoms with Gasteiger partial charge in [0.1, 0.15) is 5.75 Å². The molecule has 2 aromatic rings. The molecule has 0 bridgehead atoms. The molecule has 0 aromatic heterocycles. The van der Waals surface area contributed by atoms with Gasteiger partial charge in [0.25, 0.3) is 0 Å². The summed E-state index contributed by atoms with van der Waals surface area (Å²) in [5, 5.41) is 0. The second kappa shape index (κ2) is 7.45. The summed E-state index contributed by atoms with van der Waals surface area (Å²) in [5.41, 5.74) is 3.24. The molecule has 1 unspecified atom stereocenters. The number of ether oxygens (including phenoxy) is 1. The van der Waals surface area contributed by atoms with Crippen molar-refractivity contribution in [1.29, 1.82) is 0 Å². The minimum atomic E-state index is -0.213. The van der Waals surface area contributed by atoms with Gasteiger partial charge < -0.3 is 4.74 Å². The third-order valence-corrected chi connectivity index (χ3v) is 6.22. The molecule has 5 heteroatoms. The van der Waals surface area contributed by atoms with Gasteiger partial charge in [-0.1, -0.05) is 48.0 Å². The summed E-state index contributed by atoms with van der Waals surface area (Å²) in [6.07, 6.45) is 1.47. The van der Waals surface area contributed by atoms with E-state index >= 15 is 0 Å². The molecular weight excluding hydrogens is 430 g/mol. The van der Waals surface area contributed by atoms with Crippen LogP contribution in [0, 0.1) is 5.41 Å². The number of rotatable bonds is 3. The van der Waals surface area contributed by atoms with Crippen molar-refractivity contribution in [3.63, 3.8) is 0 Å². The molecule has 1 aliphatic heterocycles. The fourth-order valence-corrected chi connectivity index (χ4v) is 4.84. The topological polar surface area (TPSA) is 46.6 Å². The zero-order valence-electron chi connectivity index (χ0n) is 16.9. The van der Waals surface area contributed by atoms with Crippen molar-refractivity contribution in [2.24, 2.45) is 5.41 Å². The number of methoxy groups -OCH3 is 1. The van der Waals surface area contributed by atoms with Gasteiger partial charge in [0.15, 0.2) is 5.78 Å². The maximum Gasteiger partial charge on any atom is 0.232 e. The number of nitrogens with zero attached hydrogens (tertiary/aromatic N) is 1. The molecule has 1 atom stereocenters. The largest absolute Gasteiger partial charge is 0.497 e. The molecule has 29 heavy (non-hydrogen) atoms. The standard InChI is InChI=1S/C24H24BrNO3/c1-24(2)13-20-23(21(27)14-24)19(15-7-9-18(29-3)10-8-15)12-22(28)26(20)17-6-4-5-16(25)11-17/h4-11,19H,12-14H2,1-3H3. The Labute approximate surface area is 179 Å². The lowest BCUT2D eigenvalue weighted by Gasteiger charge is -2.43. The van der Waals surface area contributed by atoms with E-state index in [2.05, 4.69) is 29.8 Å². The number of benzene rings is 2. The van der Waals surface area contributed by atoms with Crippen LogP contribution in [-0.2, 0) is 9.59 Å². The first kappa shape index (κ1) is 19.9. The number of carbonyl (C=O) groups excluding carboxylic acids is 2. The van der Waals surface area contributed by atoms with Crippen LogP contribution in [0.3, 0.4) is 0 Å². The number of ketones is 1. The Kier molecular flexibility index (Phi) is 5.11. The second-order valence-electron chi connectivity index (χ2n) is 8.54. The van der Waals surface area contributed by atoms with Crippen LogP contribution in [0.15, 0.2) is 64.3 Å². The van der Waals surface area contributed by atoms with Crippen LogP contribution in [0.4, 0.5) is 5.69 Å². The van der Waals surface area contributed by atoms with E-state index in [0.717, 1.165) is 32.7 Å². The van der Waals surface area contributed by atoms with E-state index in [0.29, 0.717) is 12.8 Å². The predicted molar refractivity (Wildman–Crippen MR) is 117 cm³/mol. The van der Waals surface area contributed by atoms with Gasteiger partial charge in [0.05, 0.1) is 7.11 Å². The molecule has 4 nitrogen and oxygen atoms in total. The number of carbonyl (C=O) groups is 2. The van der Waals surface area contributed by atoms with E-state index in [1.807, 2.05) is 48.5 Å². The Morgan fingerprint density at radius 1 is 1.07 bits per heavy atom. The SMILES string of the molecule is COc1ccc(C2CC(=O)N(c3cccc(Br)c3)C3=C2C(=O)CC(C)(C)C3)cc1. The van der Waals surface area contributed by atoms with E-state index in [1.54, 1.807) is 12.0 Å². The first-order valence-corrected chi connectivity index (χ1v) is 10.6. The van der Waals surface area contributed by atoms with Crippen molar-refractivity contribution in [2.45, 2.75) is 39.0 Å². The normalized spacial score (nSPS) is 21.2. The number of halogens is 1. The molecule has 0 saturated heterocycles. The van der Waals surface area contributed by atoms with Crippen LogP contribution in [0.25, 0.3) is 0 Å². The maximum absolute atomic E-state index is 13.3. The molecular formula is C24H24BrNO3. The van der Waals surface area contributed by atoms with Crippen molar-refractivity contribution < 1.29 is 14.3 Å². The molecule has 0 N–H and O–H groups in total. The molecule has 1 heterocycles. The summed E-state index contributed by atoms with van der Waals surface area (Å²) >= 11 is 3.50. The summed E-state index contributed by atoms with van der Waals surface area (Å²) in [5.74, 6) is 0.713. The van der Waals surface area contributed by atoms with Gasteiger partial charge in [-0.2, -0.15) is 0 Å². The van der Waals surface area contributed by atoms with E-state index in [-0.39, 0.29) is 29.4 Å². The average molecular weight is 454 g/mol. The van der Waals surface area contributed by atoms with Crippen LogP contribution in [0.2, 0.25) is 0 Å². The van der Waals surface area contributed by atoms with Gasteiger partial charge in [-0.3, -0.25) is 14.5 Å². The highest BCUT2D eigenvalue weighted by Gasteiger charge is 2.44. The summed E-state index contributed by atoms with van der Waals surface area (Å²) in [6, 6.07) is 15.4. The van der Waals surface area contributed by atoms with Crippen molar-refractivity contribution in [1.82, 2.24) is 0 Å². The van der Waals surface area contributed by atoms with Crippen LogP contribution in [0.5, 0.6) is 5.75 Å². The number of anilines is 1. The summed E-state index contributed by atoms with van der Waals surface area (Å²) in [7, 11) is 1.63. The Balaban J connectivity index is 1.87. The molecule has 2 aliphatic rings. The third-order valence-electron chi connectivity index (χ3n) is 5.73. The Morgan fingerprint density at radius 3 is 2.45 bits per heavy atom. The lowest BCUT2D eigenvalue weighted by molar-refractivity contribution is -0.121. The van der Waals surface area contributed by atoms with E-state index in [9.17, 15) is 9.59 Å². The third kappa shape index (κ3) is 3.76. The average Bonchev–Trinajstić information content (AvgIpc) is 2.66. The Hall–Kier alpha value is -2.40. The van der Waals surface area contributed by atoms with Gasteiger partial charge >= 0.3 is 0 Å². The van der Waals surface area contributed by atoms with Crippen molar-refractivity contribution in [3.8, 4) is 5.75 Å². The van der Waals surface area contributed by atoms with E-state index in [4.69, 9.17) is 4.74 Å².